The normalized spacial score (nSPS) is 10.7. The number of hydrogen-bond acceptors (Lipinski definition) is 3. The van der Waals surface area contributed by atoms with Crippen LogP contribution in [0.2, 0.25) is 0 Å². The van der Waals surface area contributed by atoms with Gasteiger partial charge in [-0.1, -0.05) is 6.07 Å². The smallest absolute Gasteiger partial charge is 0.158 e. The number of aromatic nitrogens is 3. The molecule has 0 aliphatic rings. The van der Waals surface area contributed by atoms with E-state index in [0.717, 1.165) is 23.8 Å². The molecule has 0 amide bonds. The number of nitrogens with one attached hydrogen (secondary N) is 1. The Morgan fingerprint density at radius 3 is 2.81 bits per heavy atom. The van der Waals surface area contributed by atoms with Gasteiger partial charge in [0.1, 0.15) is 5.69 Å². The van der Waals surface area contributed by atoms with Crippen LogP contribution in [0.3, 0.4) is 0 Å². The van der Waals surface area contributed by atoms with Gasteiger partial charge in [0.15, 0.2) is 5.82 Å². The summed E-state index contributed by atoms with van der Waals surface area (Å²) in [6.45, 7) is 2.86. The van der Waals surface area contributed by atoms with E-state index in [2.05, 4.69) is 26.8 Å². The molecule has 16 heavy (non-hydrogen) atoms. The minimum absolute atomic E-state index is 0.784. The van der Waals surface area contributed by atoms with Crippen LogP contribution in [0.5, 0.6) is 0 Å². The number of rotatable bonds is 3. The van der Waals surface area contributed by atoms with E-state index in [9.17, 15) is 0 Å². The standard InChI is InChI=1S/C12H16N4/c1-9-11(8-13-2)15-12(16(9)3)10-6-4-5-7-14-10/h4-7,13H,8H2,1-3H3. The van der Waals surface area contributed by atoms with E-state index < -0.39 is 0 Å². The molecule has 0 aliphatic heterocycles. The van der Waals surface area contributed by atoms with Gasteiger partial charge in [-0.2, -0.15) is 0 Å². The first-order valence-electron chi connectivity index (χ1n) is 5.32. The summed E-state index contributed by atoms with van der Waals surface area (Å²) in [6, 6.07) is 5.86. The molecule has 0 bridgehead atoms. The van der Waals surface area contributed by atoms with Gasteiger partial charge in [-0.15, -0.1) is 0 Å². The van der Waals surface area contributed by atoms with Crippen LogP contribution in [-0.4, -0.2) is 21.6 Å². The summed E-state index contributed by atoms with van der Waals surface area (Å²) < 4.78 is 2.08. The van der Waals surface area contributed by atoms with Gasteiger partial charge in [-0.25, -0.2) is 4.98 Å². The van der Waals surface area contributed by atoms with Gasteiger partial charge >= 0.3 is 0 Å². The second kappa shape index (κ2) is 4.45. The third-order valence-corrected chi connectivity index (χ3v) is 2.72. The summed E-state index contributed by atoms with van der Waals surface area (Å²) in [7, 11) is 3.94. The Balaban J connectivity index is 2.46. The molecule has 0 saturated heterocycles. The fraction of sp³-hybridized carbons (Fsp3) is 0.333. The Kier molecular flexibility index (Phi) is 3.01. The molecular weight excluding hydrogens is 200 g/mol. The lowest BCUT2D eigenvalue weighted by molar-refractivity contribution is 0.783. The highest BCUT2D eigenvalue weighted by Crippen LogP contribution is 2.18. The first-order chi connectivity index (χ1) is 7.74. The maximum atomic E-state index is 4.61. The quantitative estimate of drug-likeness (QED) is 0.845. The summed E-state index contributed by atoms with van der Waals surface area (Å²) in [5.41, 5.74) is 3.16. The second-order valence-electron chi connectivity index (χ2n) is 3.77. The van der Waals surface area contributed by atoms with Gasteiger partial charge in [-0.05, 0) is 26.1 Å². The van der Waals surface area contributed by atoms with Crippen LogP contribution in [0.15, 0.2) is 24.4 Å². The predicted octanol–water partition coefficient (Wildman–Crippen LogP) is 1.51. The maximum absolute atomic E-state index is 4.61. The largest absolute Gasteiger partial charge is 0.330 e. The van der Waals surface area contributed by atoms with Crippen molar-refractivity contribution in [1.82, 2.24) is 19.9 Å². The van der Waals surface area contributed by atoms with Crippen LogP contribution < -0.4 is 5.32 Å². The fourth-order valence-corrected chi connectivity index (χ4v) is 1.70. The van der Waals surface area contributed by atoms with Crippen LogP contribution in [0.1, 0.15) is 11.4 Å². The fourth-order valence-electron chi connectivity index (χ4n) is 1.70. The summed E-state index contributed by atoms with van der Waals surface area (Å²) in [4.78, 5) is 8.93. The van der Waals surface area contributed by atoms with Crippen LogP contribution in [0, 0.1) is 6.92 Å². The molecular formula is C12H16N4. The molecule has 0 atom stereocenters. The lowest BCUT2D eigenvalue weighted by atomic mass is 10.3. The molecule has 1 N–H and O–H groups in total. The van der Waals surface area contributed by atoms with Crippen molar-refractivity contribution in [3.8, 4) is 11.5 Å². The molecule has 2 heterocycles. The zero-order valence-electron chi connectivity index (χ0n) is 9.86. The van der Waals surface area contributed by atoms with Crippen molar-refractivity contribution < 1.29 is 0 Å². The minimum Gasteiger partial charge on any atom is -0.330 e. The highest BCUT2D eigenvalue weighted by molar-refractivity contribution is 5.51. The summed E-state index contributed by atoms with van der Waals surface area (Å²) >= 11 is 0. The van der Waals surface area contributed by atoms with E-state index in [-0.39, 0.29) is 0 Å². The molecule has 0 fully saturated rings. The molecule has 2 rings (SSSR count). The van der Waals surface area contributed by atoms with Crippen molar-refractivity contribution in [2.75, 3.05) is 7.05 Å². The van der Waals surface area contributed by atoms with Crippen molar-refractivity contribution in [3.05, 3.63) is 35.8 Å². The van der Waals surface area contributed by atoms with Gasteiger partial charge < -0.3 is 9.88 Å². The lowest BCUT2D eigenvalue weighted by Gasteiger charge is -2.01. The Hall–Kier alpha value is -1.68. The van der Waals surface area contributed by atoms with Gasteiger partial charge in [0.25, 0.3) is 0 Å². The Bertz CT molecular complexity index is 473. The second-order valence-corrected chi connectivity index (χ2v) is 3.77. The van der Waals surface area contributed by atoms with E-state index in [4.69, 9.17) is 0 Å². The number of imidazole rings is 1. The van der Waals surface area contributed by atoms with Crippen LogP contribution in [-0.2, 0) is 13.6 Å². The average Bonchev–Trinajstić information content (AvgIpc) is 2.59. The van der Waals surface area contributed by atoms with Crippen LogP contribution >= 0.6 is 0 Å². The molecule has 2 aromatic rings. The summed E-state index contributed by atoms with van der Waals surface area (Å²) in [5, 5.41) is 3.12. The van der Waals surface area contributed by atoms with E-state index >= 15 is 0 Å². The molecule has 4 nitrogen and oxygen atoms in total. The summed E-state index contributed by atoms with van der Waals surface area (Å²) in [5.74, 6) is 0.920. The molecule has 0 saturated carbocycles. The topological polar surface area (TPSA) is 42.7 Å². The Morgan fingerprint density at radius 2 is 2.19 bits per heavy atom. The molecule has 84 valence electrons. The van der Waals surface area contributed by atoms with Gasteiger partial charge in [0.05, 0.1) is 5.69 Å². The van der Waals surface area contributed by atoms with Crippen LogP contribution in [0.25, 0.3) is 11.5 Å². The van der Waals surface area contributed by atoms with Crippen molar-refractivity contribution in [1.29, 1.82) is 0 Å². The number of pyridine rings is 1. The van der Waals surface area contributed by atoms with Crippen LogP contribution in [0.4, 0.5) is 0 Å². The van der Waals surface area contributed by atoms with E-state index in [1.807, 2.05) is 32.3 Å². The van der Waals surface area contributed by atoms with Gasteiger partial charge in [0, 0.05) is 25.5 Å². The Labute approximate surface area is 95.4 Å². The third-order valence-electron chi connectivity index (χ3n) is 2.72. The molecule has 4 heteroatoms. The summed E-state index contributed by atoms with van der Waals surface area (Å²) in [6.07, 6.45) is 1.79. The van der Waals surface area contributed by atoms with Gasteiger partial charge in [0.2, 0.25) is 0 Å². The molecule has 0 aliphatic carbocycles. The van der Waals surface area contributed by atoms with E-state index in [1.165, 1.54) is 5.69 Å². The average molecular weight is 216 g/mol. The molecule has 2 aromatic heterocycles. The SMILES string of the molecule is CNCc1nc(-c2ccccn2)n(C)c1C. The highest BCUT2D eigenvalue weighted by atomic mass is 15.1. The van der Waals surface area contributed by atoms with Gasteiger partial charge in [-0.3, -0.25) is 4.98 Å². The van der Waals surface area contributed by atoms with E-state index in [1.54, 1.807) is 6.20 Å². The molecule has 0 spiro atoms. The first-order valence-corrected chi connectivity index (χ1v) is 5.32. The minimum atomic E-state index is 0.784. The van der Waals surface area contributed by atoms with Crippen molar-refractivity contribution in [3.63, 3.8) is 0 Å². The molecule has 0 unspecified atom stereocenters. The number of hydrogen-bond donors (Lipinski definition) is 1. The van der Waals surface area contributed by atoms with E-state index in [0.29, 0.717) is 0 Å². The predicted molar refractivity (Wildman–Crippen MR) is 63.9 cm³/mol. The highest BCUT2D eigenvalue weighted by Gasteiger charge is 2.12. The monoisotopic (exact) mass is 216 g/mol. The Morgan fingerprint density at radius 1 is 1.38 bits per heavy atom. The molecule has 0 radical (unpaired) electrons. The van der Waals surface area contributed by atoms with Crippen molar-refractivity contribution in [2.45, 2.75) is 13.5 Å². The zero-order chi connectivity index (χ0) is 11.5. The maximum Gasteiger partial charge on any atom is 0.158 e. The zero-order valence-corrected chi connectivity index (χ0v) is 9.86. The number of nitrogens with zero attached hydrogens (tertiary/aromatic N) is 3. The molecule has 0 aromatic carbocycles. The third kappa shape index (κ3) is 1.84. The van der Waals surface area contributed by atoms with Crippen molar-refractivity contribution >= 4 is 0 Å². The first kappa shape index (κ1) is 10.8. The lowest BCUT2D eigenvalue weighted by Crippen LogP contribution is -2.07. The van der Waals surface area contributed by atoms with Crippen molar-refractivity contribution in [2.24, 2.45) is 7.05 Å².